The minimum Gasteiger partial charge on any atom is -0.385 e. The molecule has 2 saturated heterocycles. The highest BCUT2D eigenvalue weighted by atomic mass is 35.5. The van der Waals surface area contributed by atoms with E-state index in [2.05, 4.69) is 17.0 Å². The van der Waals surface area contributed by atoms with Gasteiger partial charge in [0, 0.05) is 36.9 Å². The van der Waals surface area contributed by atoms with Crippen LogP contribution in [0.1, 0.15) is 50.7 Å². The number of hydrogen-bond acceptors (Lipinski definition) is 5. The molecule has 0 atom stereocenters. The van der Waals surface area contributed by atoms with Gasteiger partial charge in [-0.1, -0.05) is 35.9 Å². The number of hydrogen-bond donors (Lipinski definition) is 1. The van der Waals surface area contributed by atoms with E-state index in [0.717, 1.165) is 42.7 Å². The highest BCUT2D eigenvalue weighted by Gasteiger charge is 2.34. The van der Waals surface area contributed by atoms with Gasteiger partial charge in [-0.05, 0) is 80.8 Å². The van der Waals surface area contributed by atoms with Crippen LogP contribution in [0, 0.1) is 5.92 Å². The van der Waals surface area contributed by atoms with E-state index in [0.29, 0.717) is 37.4 Å². The molecule has 0 radical (unpaired) electrons. The predicted molar refractivity (Wildman–Crippen MR) is 145 cm³/mol. The molecule has 196 valence electrons. The van der Waals surface area contributed by atoms with Crippen molar-refractivity contribution in [1.29, 1.82) is 0 Å². The van der Waals surface area contributed by atoms with Crippen molar-refractivity contribution in [3.8, 4) is 0 Å². The van der Waals surface area contributed by atoms with E-state index in [1.54, 1.807) is 13.8 Å². The van der Waals surface area contributed by atoms with Gasteiger partial charge in [0.1, 0.15) is 0 Å². The van der Waals surface area contributed by atoms with Crippen LogP contribution in [0.2, 0.25) is 5.02 Å². The molecule has 36 heavy (non-hydrogen) atoms. The third kappa shape index (κ3) is 6.42. The first-order valence-electron chi connectivity index (χ1n) is 12.9. The number of carbonyl (C=O) groups excluding carboxylic acids is 1. The third-order valence-corrected chi connectivity index (χ3v) is 10.4. The van der Waals surface area contributed by atoms with Crippen LogP contribution in [0.4, 0.5) is 5.69 Å². The first-order chi connectivity index (χ1) is 17.1. The molecule has 2 aliphatic heterocycles. The van der Waals surface area contributed by atoms with Crippen LogP contribution in [0.25, 0.3) is 0 Å². The molecular weight excluding hydrogens is 496 g/mol. The SMILES string of the molecule is CC(C)S(=O)(=O)CC1CCN(C(=O)Cc2ccc(N3CCC(O)(c4ccc(Cl)cc4)CC3)cc2)CC1. The van der Waals surface area contributed by atoms with Gasteiger partial charge in [0.15, 0.2) is 9.84 Å². The van der Waals surface area contributed by atoms with E-state index in [4.69, 9.17) is 11.6 Å². The van der Waals surface area contributed by atoms with Gasteiger partial charge in [0.2, 0.25) is 5.91 Å². The smallest absolute Gasteiger partial charge is 0.226 e. The van der Waals surface area contributed by atoms with Crippen molar-refractivity contribution in [3.05, 3.63) is 64.7 Å². The molecule has 0 spiro atoms. The Bertz CT molecular complexity index is 1130. The Kier molecular flexibility index (Phi) is 8.32. The van der Waals surface area contributed by atoms with E-state index in [1.807, 2.05) is 41.3 Å². The van der Waals surface area contributed by atoms with E-state index < -0.39 is 15.4 Å². The Labute approximate surface area is 220 Å². The van der Waals surface area contributed by atoms with E-state index >= 15 is 0 Å². The lowest BCUT2D eigenvalue weighted by Gasteiger charge is -2.39. The Morgan fingerprint density at radius 2 is 1.58 bits per heavy atom. The average Bonchev–Trinajstić information content (AvgIpc) is 2.85. The molecule has 4 rings (SSSR count). The fraction of sp³-hybridized carbons (Fsp3) is 0.536. The number of halogens is 1. The fourth-order valence-electron chi connectivity index (χ4n) is 5.16. The number of rotatable bonds is 7. The molecule has 0 aromatic heterocycles. The molecule has 0 saturated carbocycles. The molecule has 2 fully saturated rings. The molecule has 0 unspecified atom stereocenters. The van der Waals surface area contributed by atoms with Crippen LogP contribution >= 0.6 is 11.6 Å². The van der Waals surface area contributed by atoms with Gasteiger partial charge >= 0.3 is 0 Å². The van der Waals surface area contributed by atoms with E-state index in [1.165, 1.54) is 0 Å². The molecule has 1 N–H and O–H groups in total. The summed E-state index contributed by atoms with van der Waals surface area (Å²) in [6, 6.07) is 15.6. The van der Waals surface area contributed by atoms with E-state index in [-0.39, 0.29) is 22.8 Å². The number of amides is 1. The molecule has 2 heterocycles. The van der Waals surface area contributed by atoms with Crippen LogP contribution in [-0.4, -0.2) is 61.5 Å². The maximum Gasteiger partial charge on any atom is 0.226 e. The topological polar surface area (TPSA) is 77.9 Å². The highest BCUT2D eigenvalue weighted by molar-refractivity contribution is 7.91. The Hall–Kier alpha value is -2.09. The largest absolute Gasteiger partial charge is 0.385 e. The second-order valence-corrected chi connectivity index (χ2v) is 13.6. The minimum atomic E-state index is -3.05. The number of benzene rings is 2. The van der Waals surface area contributed by atoms with Gasteiger partial charge in [-0.25, -0.2) is 8.42 Å². The van der Waals surface area contributed by atoms with Gasteiger partial charge in [-0.3, -0.25) is 4.79 Å². The van der Waals surface area contributed by atoms with Crippen LogP contribution < -0.4 is 4.90 Å². The summed E-state index contributed by atoms with van der Waals surface area (Å²) in [6.45, 7) is 6.20. The second-order valence-electron chi connectivity index (χ2n) is 10.6. The number of aliphatic hydroxyl groups is 1. The molecule has 6 nitrogen and oxygen atoms in total. The number of nitrogens with zero attached hydrogens (tertiary/aromatic N) is 2. The summed E-state index contributed by atoms with van der Waals surface area (Å²) in [5.74, 6) is 0.462. The zero-order chi connectivity index (χ0) is 25.9. The number of anilines is 1. The van der Waals surface area contributed by atoms with Crippen molar-refractivity contribution in [2.24, 2.45) is 5.92 Å². The van der Waals surface area contributed by atoms with Crippen molar-refractivity contribution < 1.29 is 18.3 Å². The van der Waals surface area contributed by atoms with Gasteiger partial charge in [-0.15, -0.1) is 0 Å². The average molecular weight is 533 g/mol. The summed E-state index contributed by atoms with van der Waals surface area (Å²) >= 11 is 5.99. The summed E-state index contributed by atoms with van der Waals surface area (Å²) in [7, 11) is -3.05. The van der Waals surface area contributed by atoms with Gasteiger partial charge < -0.3 is 14.9 Å². The summed E-state index contributed by atoms with van der Waals surface area (Å²) in [5.41, 5.74) is 2.14. The number of likely N-dealkylation sites (tertiary alicyclic amines) is 1. The monoisotopic (exact) mass is 532 g/mol. The lowest BCUT2D eigenvalue weighted by molar-refractivity contribution is -0.131. The first kappa shape index (κ1) is 27.0. The molecule has 2 aliphatic rings. The number of carbonyl (C=O) groups is 1. The summed E-state index contributed by atoms with van der Waals surface area (Å²) in [5, 5.41) is 11.4. The lowest BCUT2D eigenvalue weighted by atomic mass is 9.84. The van der Waals surface area contributed by atoms with Crippen molar-refractivity contribution in [2.45, 2.75) is 56.8 Å². The molecule has 2 aromatic carbocycles. The summed E-state index contributed by atoms with van der Waals surface area (Å²) in [6.07, 6.45) is 3.13. The molecular formula is C28H37ClN2O4S. The quantitative estimate of drug-likeness (QED) is 0.570. The molecule has 0 aliphatic carbocycles. The van der Waals surface area contributed by atoms with Crippen molar-refractivity contribution in [3.63, 3.8) is 0 Å². The molecule has 1 amide bonds. The molecule has 8 heteroatoms. The minimum absolute atomic E-state index is 0.0962. The van der Waals surface area contributed by atoms with Crippen LogP contribution in [0.5, 0.6) is 0 Å². The van der Waals surface area contributed by atoms with Gasteiger partial charge in [0.25, 0.3) is 0 Å². The number of sulfone groups is 1. The Morgan fingerprint density at radius 3 is 2.14 bits per heavy atom. The predicted octanol–water partition coefficient (Wildman–Crippen LogP) is 4.43. The maximum atomic E-state index is 12.8. The Morgan fingerprint density at radius 1 is 1.00 bits per heavy atom. The lowest BCUT2D eigenvalue weighted by Crippen LogP contribution is -2.42. The standard InChI is InChI=1S/C28H37ClN2O4S/c1-21(2)36(34,35)20-23-11-15-31(16-12-23)27(32)19-22-3-9-26(10-4-22)30-17-13-28(33,14-18-30)24-5-7-25(29)8-6-24/h3-10,21,23,33H,11-20H2,1-2H3. The highest BCUT2D eigenvalue weighted by Crippen LogP contribution is 2.35. The van der Waals surface area contributed by atoms with Crippen LogP contribution in [0.3, 0.4) is 0 Å². The Balaban J connectivity index is 1.26. The van der Waals surface area contributed by atoms with Crippen LogP contribution in [0.15, 0.2) is 48.5 Å². The first-order valence-corrected chi connectivity index (χ1v) is 15.0. The zero-order valence-electron chi connectivity index (χ0n) is 21.2. The molecule has 2 aromatic rings. The number of piperidine rings is 2. The summed E-state index contributed by atoms with van der Waals surface area (Å²) in [4.78, 5) is 17.0. The maximum absolute atomic E-state index is 12.8. The fourth-order valence-corrected chi connectivity index (χ4v) is 6.67. The zero-order valence-corrected chi connectivity index (χ0v) is 22.8. The van der Waals surface area contributed by atoms with Crippen LogP contribution in [-0.2, 0) is 26.7 Å². The van der Waals surface area contributed by atoms with Crippen molar-refractivity contribution in [1.82, 2.24) is 4.90 Å². The molecule has 0 bridgehead atoms. The second kappa shape index (κ2) is 11.1. The van der Waals surface area contributed by atoms with Crippen molar-refractivity contribution >= 4 is 33.0 Å². The van der Waals surface area contributed by atoms with E-state index in [9.17, 15) is 18.3 Å². The van der Waals surface area contributed by atoms with Crippen molar-refractivity contribution in [2.75, 3.05) is 36.8 Å². The van der Waals surface area contributed by atoms with Gasteiger partial charge in [-0.2, -0.15) is 0 Å². The third-order valence-electron chi connectivity index (χ3n) is 7.78. The normalized spacial score (nSPS) is 19.0. The summed E-state index contributed by atoms with van der Waals surface area (Å²) < 4.78 is 24.4. The van der Waals surface area contributed by atoms with Gasteiger partial charge in [0.05, 0.1) is 23.0 Å².